The predicted octanol–water partition coefficient (Wildman–Crippen LogP) is 5.48. The summed E-state index contributed by atoms with van der Waals surface area (Å²) in [5, 5.41) is 11.8. The number of benzene rings is 2. The van der Waals surface area contributed by atoms with Crippen molar-refractivity contribution in [2.24, 2.45) is 0 Å². The van der Waals surface area contributed by atoms with Crippen LogP contribution >= 0.6 is 46.4 Å². The molecule has 0 spiro atoms. The summed E-state index contributed by atoms with van der Waals surface area (Å²) in [4.78, 5) is 9.66. The summed E-state index contributed by atoms with van der Waals surface area (Å²) in [5.41, 5.74) is 5.75. The first-order valence-corrected chi connectivity index (χ1v) is 6.62. The number of nitrogens with zero attached hydrogens (tertiary/aromatic N) is 1. The Hall–Kier alpha value is -1.20. The molecule has 0 bridgehead atoms. The zero-order valence-corrected chi connectivity index (χ0v) is 12.8. The molecule has 8 heteroatoms. The molecule has 0 amide bonds. The normalized spacial score (nSPS) is 9.60. The van der Waals surface area contributed by atoms with Gasteiger partial charge in [-0.2, -0.15) is 0 Å². The number of rotatable bonds is 1. The minimum atomic E-state index is -0.575. The molecule has 0 aliphatic carbocycles. The van der Waals surface area contributed by atoms with Gasteiger partial charge < -0.3 is 5.73 Å². The predicted molar refractivity (Wildman–Crippen MR) is 84.0 cm³/mol. The highest BCUT2D eigenvalue weighted by atomic mass is 35.5. The van der Waals surface area contributed by atoms with Gasteiger partial charge in [-0.05, 0) is 30.3 Å². The number of nitro groups is 1. The fourth-order valence-electron chi connectivity index (χ4n) is 1.14. The van der Waals surface area contributed by atoms with Crippen LogP contribution in [0.4, 0.5) is 11.4 Å². The van der Waals surface area contributed by atoms with E-state index in [1.807, 2.05) is 0 Å². The summed E-state index contributed by atoms with van der Waals surface area (Å²) in [6.45, 7) is 0. The van der Waals surface area contributed by atoms with E-state index in [1.54, 1.807) is 18.2 Å². The molecule has 4 nitrogen and oxygen atoms in total. The molecule has 2 N–H and O–H groups in total. The summed E-state index contributed by atoms with van der Waals surface area (Å²) in [7, 11) is 0. The van der Waals surface area contributed by atoms with E-state index in [1.165, 1.54) is 18.2 Å². The van der Waals surface area contributed by atoms with E-state index in [-0.39, 0.29) is 10.7 Å². The smallest absolute Gasteiger partial charge is 0.289 e. The standard InChI is InChI=1S/C6H3Cl2NO2.C6H5Cl2N/c7-4-1-2-5(8)6(3-4)9(10)11;7-4-1-2-5(8)6(9)3-4/h1-3H;1-3H,9H2. The second-order valence-electron chi connectivity index (χ2n) is 3.52. The van der Waals surface area contributed by atoms with Crippen LogP contribution in [0.2, 0.25) is 20.1 Å². The summed E-state index contributed by atoms with van der Waals surface area (Å²) >= 11 is 22.2. The first-order chi connectivity index (χ1) is 9.31. The van der Waals surface area contributed by atoms with Crippen molar-refractivity contribution < 1.29 is 4.92 Å². The van der Waals surface area contributed by atoms with Crippen molar-refractivity contribution in [1.29, 1.82) is 0 Å². The van der Waals surface area contributed by atoms with Crippen LogP contribution in [0.15, 0.2) is 36.4 Å². The van der Waals surface area contributed by atoms with E-state index in [9.17, 15) is 10.1 Å². The number of halogens is 4. The first kappa shape index (κ1) is 16.9. The quantitative estimate of drug-likeness (QED) is 0.419. The highest BCUT2D eigenvalue weighted by Gasteiger charge is 2.11. The van der Waals surface area contributed by atoms with Crippen LogP contribution in [0.3, 0.4) is 0 Å². The van der Waals surface area contributed by atoms with Crippen molar-refractivity contribution in [3.8, 4) is 0 Å². The maximum absolute atomic E-state index is 10.2. The van der Waals surface area contributed by atoms with Crippen molar-refractivity contribution in [2.75, 3.05) is 5.73 Å². The Morgan fingerprint density at radius 2 is 1.40 bits per heavy atom. The molecule has 2 rings (SSSR count). The largest absolute Gasteiger partial charge is 0.397 e. The lowest BCUT2D eigenvalue weighted by atomic mass is 10.3. The molecule has 0 heterocycles. The zero-order valence-electron chi connectivity index (χ0n) is 9.82. The monoisotopic (exact) mass is 352 g/mol. The molecule has 0 aromatic heterocycles. The third kappa shape index (κ3) is 5.06. The summed E-state index contributed by atoms with van der Waals surface area (Å²) < 4.78 is 0. The molecule has 0 saturated carbocycles. The first-order valence-electron chi connectivity index (χ1n) is 5.11. The Morgan fingerprint density at radius 1 is 0.900 bits per heavy atom. The van der Waals surface area contributed by atoms with E-state index in [0.29, 0.717) is 20.8 Å². The maximum atomic E-state index is 10.2. The van der Waals surface area contributed by atoms with Gasteiger partial charge >= 0.3 is 0 Å². The van der Waals surface area contributed by atoms with Crippen LogP contribution in [0, 0.1) is 10.1 Å². The van der Waals surface area contributed by atoms with Crippen molar-refractivity contribution in [1.82, 2.24) is 0 Å². The molecule has 0 saturated heterocycles. The van der Waals surface area contributed by atoms with Crippen LogP contribution in [0.25, 0.3) is 0 Å². The lowest BCUT2D eigenvalue weighted by Gasteiger charge is -1.95. The Kier molecular flexibility index (Phi) is 6.36. The fourth-order valence-corrected chi connectivity index (χ4v) is 1.79. The molecule has 0 radical (unpaired) electrons. The minimum absolute atomic E-state index is 0.0967. The minimum Gasteiger partial charge on any atom is -0.397 e. The third-order valence-corrected chi connectivity index (χ3v) is 3.20. The third-order valence-electron chi connectivity index (χ3n) is 2.06. The van der Waals surface area contributed by atoms with Crippen LogP contribution in [0.1, 0.15) is 0 Å². The van der Waals surface area contributed by atoms with Gasteiger partial charge in [0.15, 0.2) is 0 Å². The molecular formula is C12H8Cl4N2O2. The summed E-state index contributed by atoms with van der Waals surface area (Å²) in [6.07, 6.45) is 0. The van der Waals surface area contributed by atoms with E-state index in [4.69, 9.17) is 52.1 Å². The Balaban J connectivity index is 0.000000204. The van der Waals surface area contributed by atoms with Gasteiger partial charge in [0.2, 0.25) is 0 Å². The van der Waals surface area contributed by atoms with Gasteiger partial charge in [-0.3, -0.25) is 10.1 Å². The molecule has 0 fully saturated rings. The van der Waals surface area contributed by atoms with Gasteiger partial charge in [0.25, 0.3) is 5.69 Å². The number of nitro benzene ring substituents is 1. The van der Waals surface area contributed by atoms with Crippen molar-refractivity contribution in [3.63, 3.8) is 0 Å². The highest BCUT2D eigenvalue weighted by Crippen LogP contribution is 2.26. The number of nitrogens with two attached hydrogens (primary N) is 1. The second-order valence-corrected chi connectivity index (χ2v) is 5.21. The second kappa shape index (κ2) is 7.55. The van der Waals surface area contributed by atoms with Crippen molar-refractivity contribution in [2.45, 2.75) is 0 Å². The fraction of sp³-hybridized carbons (Fsp3) is 0. The number of anilines is 1. The number of nitrogen functional groups attached to an aromatic ring is 1. The summed E-state index contributed by atoms with van der Waals surface area (Å²) in [5.74, 6) is 0. The Bertz CT molecular complexity index is 635. The van der Waals surface area contributed by atoms with Gasteiger partial charge in [0.1, 0.15) is 5.02 Å². The summed E-state index contributed by atoms with van der Waals surface area (Å²) in [6, 6.07) is 9.08. The average Bonchev–Trinajstić information content (AvgIpc) is 2.38. The van der Waals surface area contributed by atoms with Gasteiger partial charge in [-0.1, -0.05) is 46.4 Å². The number of hydrogen-bond donors (Lipinski definition) is 1. The van der Waals surface area contributed by atoms with Crippen LogP contribution in [0.5, 0.6) is 0 Å². The van der Waals surface area contributed by atoms with Gasteiger partial charge in [-0.25, -0.2) is 0 Å². The van der Waals surface area contributed by atoms with Gasteiger partial charge in [-0.15, -0.1) is 0 Å². The molecule has 2 aromatic carbocycles. The maximum Gasteiger partial charge on any atom is 0.289 e. The van der Waals surface area contributed by atoms with E-state index in [2.05, 4.69) is 0 Å². The molecule has 0 aliphatic heterocycles. The molecule has 20 heavy (non-hydrogen) atoms. The zero-order chi connectivity index (χ0) is 15.3. The number of hydrogen-bond acceptors (Lipinski definition) is 3. The highest BCUT2D eigenvalue weighted by molar-refractivity contribution is 6.35. The molecule has 0 aliphatic rings. The van der Waals surface area contributed by atoms with Crippen LogP contribution < -0.4 is 5.73 Å². The SMILES string of the molecule is Nc1cc(Cl)ccc1Cl.O=[N+]([O-])c1cc(Cl)ccc1Cl. The van der Waals surface area contributed by atoms with Gasteiger partial charge in [0.05, 0.1) is 15.6 Å². The van der Waals surface area contributed by atoms with E-state index < -0.39 is 4.92 Å². The van der Waals surface area contributed by atoms with Crippen LogP contribution in [-0.2, 0) is 0 Å². The Labute approximate surface area is 135 Å². The molecule has 0 unspecified atom stereocenters. The molecule has 2 aromatic rings. The lowest BCUT2D eigenvalue weighted by Crippen LogP contribution is -1.87. The molecular weight excluding hydrogens is 346 g/mol. The van der Waals surface area contributed by atoms with E-state index >= 15 is 0 Å². The lowest BCUT2D eigenvalue weighted by molar-refractivity contribution is -0.384. The van der Waals surface area contributed by atoms with Crippen molar-refractivity contribution >= 4 is 57.8 Å². The van der Waals surface area contributed by atoms with Crippen LogP contribution in [-0.4, -0.2) is 4.92 Å². The van der Waals surface area contributed by atoms with E-state index in [0.717, 1.165) is 0 Å². The molecule has 0 atom stereocenters. The topological polar surface area (TPSA) is 69.2 Å². The molecule has 106 valence electrons. The Morgan fingerprint density at radius 3 is 1.80 bits per heavy atom. The van der Waals surface area contributed by atoms with Gasteiger partial charge in [0, 0.05) is 16.1 Å². The average molecular weight is 354 g/mol. The van der Waals surface area contributed by atoms with Crippen molar-refractivity contribution in [3.05, 3.63) is 66.6 Å².